The van der Waals surface area contributed by atoms with Crippen LogP contribution in [0, 0.1) is 0 Å². The van der Waals surface area contributed by atoms with Crippen molar-refractivity contribution in [2.24, 2.45) is 0 Å². The van der Waals surface area contributed by atoms with Crippen molar-refractivity contribution in [2.45, 2.75) is 6.61 Å². The van der Waals surface area contributed by atoms with Gasteiger partial charge in [-0.2, -0.15) is 4.98 Å². The second-order valence-corrected chi connectivity index (χ2v) is 5.86. The van der Waals surface area contributed by atoms with Crippen LogP contribution in [0.5, 0.6) is 23.1 Å². The average Bonchev–Trinajstić information content (AvgIpc) is 2.75. The van der Waals surface area contributed by atoms with Crippen LogP contribution in [0.4, 0.5) is 5.69 Å². The molecular weight excluding hydrogens is 374 g/mol. The van der Waals surface area contributed by atoms with Crippen molar-refractivity contribution in [3.8, 4) is 23.1 Å². The Bertz CT molecular complexity index is 950. The molecule has 1 aromatic heterocycles. The van der Waals surface area contributed by atoms with Crippen LogP contribution in [0.3, 0.4) is 0 Å². The maximum Gasteiger partial charge on any atom is 0.250 e. The van der Waals surface area contributed by atoms with E-state index >= 15 is 0 Å². The molecule has 0 fully saturated rings. The summed E-state index contributed by atoms with van der Waals surface area (Å²) in [5, 5.41) is 2.70. The van der Waals surface area contributed by atoms with Crippen LogP contribution < -0.4 is 19.5 Å². The van der Waals surface area contributed by atoms with Crippen LogP contribution in [0.25, 0.3) is 0 Å². The van der Waals surface area contributed by atoms with Gasteiger partial charge >= 0.3 is 0 Å². The molecule has 0 aliphatic rings. The SMILES string of the molecule is COc1cccc(Oc2ncncc2NC(=O)COCc2ccccc2)c1OC. The summed E-state index contributed by atoms with van der Waals surface area (Å²) in [7, 11) is 3.05. The fourth-order valence-electron chi connectivity index (χ4n) is 2.55. The topological polar surface area (TPSA) is 91.8 Å². The van der Waals surface area contributed by atoms with Gasteiger partial charge in [-0.25, -0.2) is 4.98 Å². The number of nitrogens with one attached hydrogen (secondary N) is 1. The predicted molar refractivity (Wildman–Crippen MR) is 106 cm³/mol. The summed E-state index contributed by atoms with van der Waals surface area (Å²) in [6.45, 7) is 0.218. The van der Waals surface area contributed by atoms with Crippen LogP contribution in [0.1, 0.15) is 5.56 Å². The number of ether oxygens (including phenoxy) is 4. The summed E-state index contributed by atoms with van der Waals surface area (Å²) in [5.41, 5.74) is 1.29. The number of methoxy groups -OCH3 is 2. The molecule has 8 heteroatoms. The normalized spacial score (nSPS) is 10.3. The standard InChI is InChI=1S/C21H21N3O5/c1-26-17-9-6-10-18(20(17)27-2)29-21-16(11-22-14-23-21)24-19(25)13-28-12-15-7-4-3-5-8-15/h3-11,14H,12-13H2,1-2H3,(H,24,25). The summed E-state index contributed by atoms with van der Waals surface area (Å²) in [5.74, 6) is 1.14. The highest BCUT2D eigenvalue weighted by Crippen LogP contribution is 2.39. The predicted octanol–water partition coefficient (Wildman–Crippen LogP) is 3.44. The first kappa shape index (κ1) is 20.1. The first-order chi connectivity index (χ1) is 14.2. The molecule has 3 rings (SSSR count). The Balaban J connectivity index is 1.65. The lowest BCUT2D eigenvalue weighted by atomic mass is 10.2. The lowest BCUT2D eigenvalue weighted by molar-refractivity contribution is -0.121. The highest BCUT2D eigenvalue weighted by atomic mass is 16.5. The van der Waals surface area contributed by atoms with E-state index in [0.717, 1.165) is 5.56 Å². The number of anilines is 1. The molecule has 0 bridgehead atoms. The van der Waals surface area contributed by atoms with Gasteiger partial charge in [0.25, 0.3) is 5.91 Å². The van der Waals surface area contributed by atoms with Crippen LogP contribution in [0.15, 0.2) is 61.1 Å². The molecule has 1 N–H and O–H groups in total. The minimum absolute atomic E-state index is 0.119. The lowest BCUT2D eigenvalue weighted by Crippen LogP contribution is -2.19. The number of rotatable bonds is 9. The molecule has 0 atom stereocenters. The first-order valence-corrected chi connectivity index (χ1v) is 8.81. The van der Waals surface area contributed by atoms with E-state index in [1.54, 1.807) is 18.2 Å². The van der Waals surface area contributed by atoms with E-state index in [0.29, 0.717) is 29.5 Å². The zero-order valence-electron chi connectivity index (χ0n) is 16.1. The van der Waals surface area contributed by atoms with Crippen molar-refractivity contribution in [3.63, 3.8) is 0 Å². The van der Waals surface area contributed by atoms with E-state index in [2.05, 4.69) is 15.3 Å². The van der Waals surface area contributed by atoms with E-state index in [1.165, 1.54) is 26.7 Å². The summed E-state index contributed by atoms with van der Waals surface area (Å²) >= 11 is 0. The van der Waals surface area contributed by atoms with E-state index in [1.807, 2.05) is 30.3 Å². The molecule has 0 saturated carbocycles. The Morgan fingerprint density at radius 2 is 1.79 bits per heavy atom. The van der Waals surface area contributed by atoms with E-state index in [9.17, 15) is 4.79 Å². The molecular formula is C21H21N3O5. The molecule has 2 aromatic carbocycles. The number of nitrogens with zero attached hydrogens (tertiary/aromatic N) is 2. The maximum atomic E-state index is 12.2. The van der Waals surface area contributed by atoms with Crippen LogP contribution in [-0.2, 0) is 16.1 Å². The van der Waals surface area contributed by atoms with Gasteiger partial charge in [0.1, 0.15) is 18.6 Å². The monoisotopic (exact) mass is 395 g/mol. The van der Waals surface area contributed by atoms with Crippen LogP contribution >= 0.6 is 0 Å². The van der Waals surface area contributed by atoms with Gasteiger partial charge in [-0.1, -0.05) is 36.4 Å². The summed E-state index contributed by atoms with van der Waals surface area (Å²) in [6.07, 6.45) is 2.77. The average molecular weight is 395 g/mol. The highest BCUT2D eigenvalue weighted by molar-refractivity contribution is 5.92. The van der Waals surface area contributed by atoms with Gasteiger partial charge in [-0.15, -0.1) is 0 Å². The van der Waals surface area contributed by atoms with Gasteiger partial charge in [-0.3, -0.25) is 4.79 Å². The van der Waals surface area contributed by atoms with Crippen molar-refractivity contribution in [1.29, 1.82) is 0 Å². The molecule has 1 heterocycles. The summed E-state index contributed by atoms with van der Waals surface area (Å²) < 4.78 is 21.9. The van der Waals surface area contributed by atoms with Gasteiger partial charge in [0.05, 0.1) is 27.0 Å². The summed E-state index contributed by atoms with van der Waals surface area (Å²) in [4.78, 5) is 20.3. The van der Waals surface area contributed by atoms with Crippen molar-refractivity contribution in [3.05, 3.63) is 66.6 Å². The Kier molecular flexibility index (Phi) is 6.96. The lowest BCUT2D eigenvalue weighted by Gasteiger charge is -2.14. The minimum atomic E-state index is -0.349. The molecule has 0 spiro atoms. The molecule has 3 aromatic rings. The second-order valence-electron chi connectivity index (χ2n) is 5.86. The smallest absolute Gasteiger partial charge is 0.250 e. The molecule has 0 aliphatic heterocycles. The number of benzene rings is 2. The fourth-order valence-corrected chi connectivity index (χ4v) is 2.55. The van der Waals surface area contributed by atoms with E-state index in [4.69, 9.17) is 18.9 Å². The zero-order chi connectivity index (χ0) is 20.5. The number of aromatic nitrogens is 2. The van der Waals surface area contributed by atoms with Gasteiger partial charge in [0, 0.05) is 0 Å². The Hall–Kier alpha value is -3.65. The number of carbonyl (C=O) groups excluding carboxylic acids is 1. The van der Waals surface area contributed by atoms with E-state index in [-0.39, 0.29) is 18.4 Å². The molecule has 8 nitrogen and oxygen atoms in total. The third-order valence-corrected chi connectivity index (χ3v) is 3.87. The number of para-hydroxylation sites is 1. The quantitative estimate of drug-likeness (QED) is 0.593. The molecule has 0 radical (unpaired) electrons. The van der Waals surface area contributed by atoms with Crippen LogP contribution in [0.2, 0.25) is 0 Å². The largest absolute Gasteiger partial charge is 0.493 e. The van der Waals surface area contributed by atoms with Gasteiger partial charge in [-0.05, 0) is 17.7 Å². The third-order valence-electron chi connectivity index (χ3n) is 3.87. The van der Waals surface area contributed by atoms with Crippen LogP contribution in [-0.4, -0.2) is 36.7 Å². The van der Waals surface area contributed by atoms with Crippen molar-refractivity contribution < 1.29 is 23.7 Å². The number of hydrogen-bond donors (Lipinski definition) is 1. The second kappa shape index (κ2) is 10.0. The number of amides is 1. The van der Waals surface area contributed by atoms with Gasteiger partial charge in [0.2, 0.25) is 11.6 Å². The Labute approximate surface area is 168 Å². The van der Waals surface area contributed by atoms with Gasteiger partial charge in [0.15, 0.2) is 11.5 Å². The molecule has 0 aliphatic carbocycles. The fraction of sp³-hybridized carbons (Fsp3) is 0.190. The zero-order valence-corrected chi connectivity index (χ0v) is 16.1. The first-order valence-electron chi connectivity index (χ1n) is 8.81. The Morgan fingerprint density at radius 1 is 1.00 bits per heavy atom. The van der Waals surface area contributed by atoms with E-state index < -0.39 is 0 Å². The number of hydrogen-bond acceptors (Lipinski definition) is 7. The van der Waals surface area contributed by atoms with Crippen molar-refractivity contribution in [1.82, 2.24) is 9.97 Å². The Morgan fingerprint density at radius 3 is 2.55 bits per heavy atom. The van der Waals surface area contributed by atoms with Crippen molar-refractivity contribution in [2.75, 3.05) is 26.1 Å². The van der Waals surface area contributed by atoms with Crippen molar-refractivity contribution >= 4 is 11.6 Å². The molecule has 1 amide bonds. The van der Waals surface area contributed by atoms with Gasteiger partial charge < -0.3 is 24.3 Å². The minimum Gasteiger partial charge on any atom is -0.493 e. The molecule has 150 valence electrons. The molecule has 29 heavy (non-hydrogen) atoms. The molecule has 0 saturated heterocycles. The number of carbonyl (C=O) groups is 1. The highest BCUT2D eigenvalue weighted by Gasteiger charge is 2.16. The molecule has 0 unspecified atom stereocenters. The third kappa shape index (κ3) is 5.43. The maximum absolute atomic E-state index is 12.2. The summed E-state index contributed by atoms with van der Waals surface area (Å²) in [6, 6.07) is 14.8.